The van der Waals surface area contributed by atoms with Crippen molar-refractivity contribution in [3.05, 3.63) is 54.1 Å². The van der Waals surface area contributed by atoms with Crippen molar-refractivity contribution in [2.24, 2.45) is 0 Å². The zero-order valence-corrected chi connectivity index (χ0v) is 14.9. The lowest BCUT2D eigenvalue weighted by molar-refractivity contribution is -0.133. The highest BCUT2D eigenvalue weighted by Gasteiger charge is 2.18. The van der Waals surface area contributed by atoms with Crippen molar-refractivity contribution < 1.29 is 23.9 Å². The summed E-state index contributed by atoms with van der Waals surface area (Å²) in [7, 11) is 0. The van der Waals surface area contributed by atoms with Crippen LogP contribution in [0, 0.1) is 0 Å². The molecule has 0 atom stereocenters. The summed E-state index contributed by atoms with van der Waals surface area (Å²) in [5.41, 5.74) is 1.27. The van der Waals surface area contributed by atoms with Gasteiger partial charge < -0.3 is 20.7 Å². The Hall–Kier alpha value is -3.68. The molecule has 0 radical (unpaired) electrons. The highest BCUT2D eigenvalue weighted by Crippen LogP contribution is 2.17. The van der Waals surface area contributed by atoms with Gasteiger partial charge in [0.05, 0.1) is 17.9 Å². The fourth-order valence-electron chi connectivity index (χ4n) is 2.19. The summed E-state index contributed by atoms with van der Waals surface area (Å²) in [5.74, 6) is -2.65. The number of ether oxygens (including phenoxy) is 1. The number of benzene rings is 2. The molecule has 0 saturated carbocycles. The van der Waals surface area contributed by atoms with Crippen molar-refractivity contribution in [2.45, 2.75) is 13.8 Å². The van der Waals surface area contributed by atoms with Crippen LogP contribution in [0.4, 0.5) is 17.1 Å². The third-order valence-electron chi connectivity index (χ3n) is 3.34. The van der Waals surface area contributed by atoms with E-state index in [0.29, 0.717) is 11.4 Å². The molecule has 2 rings (SSSR count). The first-order chi connectivity index (χ1) is 12.9. The van der Waals surface area contributed by atoms with Crippen LogP contribution < -0.4 is 16.0 Å². The minimum atomic E-state index is -0.933. The van der Waals surface area contributed by atoms with Gasteiger partial charge >= 0.3 is 17.8 Å². The molecular formula is C19H19N3O5. The first-order valence-corrected chi connectivity index (χ1v) is 8.17. The summed E-state index contributed by atoms with van der Waals surface area (Å²) in [6, 6.07) is 12.5. The Morgan fingerprint density at radius 1 is 0.815 bits per heavy atom. The summed E-state index contributed by atoms with van der Waals surface area (Å²) in [6.07, 6.45) is 0. The molecule has 2 aromatic rings. The monoisotopic (exact) mass is 369 g/mol. The van der Waals surface area contributed by atoms with Crippen molar-refractivity contribution in [3.63, 3.8) is 0 Å². The Balaban J connectivity index is 2.03. The third-order valence-corrected chi connectivity index (χ3v) is 3.34. The van der Waals surface area contributed by atoms with Gasteiger partial charge in [0.15, 0.2) is 0 Å². The van der Waals surface area contributed by atoms with E-state index in [9.17, 15) is 19.2 Å². The molecule has 2 aromatic carbocycles. The van der Waals surface area contributed by atoms with Gasteiger partial charge in [0.1, 0.15) is 0 Å². The van der Waals surface area contributed by atoms with E-state index in [4.69, 9.17) is 4.74 Å². The predicted molar refractivity (Wildman–Crippen MR) is 100 cm³/mol. The molecule has 3 amide bonds. The molecular weight excluding hydrogens is 350 g/mol. The highest BCUT2D eigenvalue weighted by molar-refractivity contribution is 6.44. The molecule has 0 unspecified atom stereocenters. The Labute approximate surface area is 155 Å². The molecule has 3 N–H and O–H groups in total. The van der Waals surface area contributed by atoms with Gasteiger partial charge in [0.25, 0.3) is 0 Å². The Morgan fingerprint density at radius 3 is 1.96 bits per heavy atom. The highest BCUT2D eigenvalue weighted by atomic mass is 16.5. The van der Waals surface area contributed by atoms with Crippen molar-refractivity contribution in [1.29, 1.82) is 0 Å². The van der Waals surface area contributed by atoms with E-state index >= 15 is 0 Å². The van der Waals surface area contributed by atoms with Gasteiger partial charge in [-0.15, -0.1) is 0 Å². The molecule has 0 saturated heterocycles. The lowest BCUT2D eigenvalue weighted by Gasteiger charge is -2.10. The average Bonchev–Trinajstić information content (AvgIpc) is 2.63. The van der Waals surface area contributed by atoms with E-state index < -0.39 is 17.8 Å². The molecule has 0 aliphatic heterocycles. The number of hydrogen-bond donors (Lipinski definition) is 3. The van der Waals surface area contributed by atoms with Gasteiger partial charge in [-0.3, -0.25) is 14.4 Å². The van der Waals surface area contributed by atoms with Gasteiger partial charge in [0.2, 0.25) is 5.91 Å². The quantitative estimate of drug-likeness (QED) is 0.553. The van der Waals surface area contributed by atoms with Crippen LogP contribution in [0.3, 0.4) is 0 Å². The van der Waals surface area contributed by atoms with Crippen LogP contribution in [0.1, 0.15) is 24.2 Å². The number of rotatable bonds is 5. The molecule has 0 aliphatic rings. The van der Waals surface area contributed by atoms with Crippen molar-refractivity contribution in [1.82, 2.24) is 0 Å². The van der Waals surface area contributed by atoms with Crippen molar-refractivity contribution in [3.8, 4) is 0 Å². The fraction of sp³-hybridized carbons (Fsp3) is 0.158. The van der Waals surface area contributed by atoms with Crippen molar-refractivity contribution >= 4 is 40.8 Å². The molecule has 27 heavy (non-hydrogen) atoms. The topological polar surface area (TPSA) is 114 Å². The molecule has 0 aliphatic carbocycles. The molecule has 0 aromatic heterocycles. The van der Waals surface area contributed by atoms with Crippen LogP contribution >= 0.6 is 0 Å². The molecule has 0 bridgehead atoms. The van der Waals surface area contributed by atoms with Crippen LogP contribution in [0.2, 0.25) is 0 Å². The predicted octanol–water partition coefficient (Wildman–Crippen LogP) is 2.40. The smallest absolute Gasteiger partial charge is 0.340 e. The average molecular weight is 369 g/mol. The lowest BCUT2D eigenvalue weighted by Crippen LogP contribution is -2.29. The van der Waals surface area contributed by atoms with E-state index in [1.807, 2.05) is 0 Å². The van der Waals surface area contributed by atoms with Gasteiger partial charge in [-0.05, 0) is 43.3 Å². The summed E-state index contributed by atoms with van der Waals surface area (Å²) in [5, 5.41) is 7.43. The second-order valence-electron chi connectivity index (χ2n) is 5.43. The Morgan fingerprint density at radius 2 is 1.37 bits per heavy atom. The zero-order chi connectivity index (χ0) is 19.8. The van der Waals surface area contributed by atoms with E-state index in [0.717, 1.165) is 0 Å². The second kappa shape index (κ2) is 9.14. The third kappa shape index (κ3) is 5.67. The number of anilines is 3. The summed E-state index contributed by atoms with van der Waals surface area (Å²) in [6.45, 7) is 3.24. The largest absolute Gasteiger partial charge is 0.462 e. The lowest BCUT2D eigenvalue weighted by atomic mass is 10.2. The van der Waals surface area contributed by atoms with E-state index in [-0.39, 0.29) is 23.8 Å². The number of carbonyl (C=O) groups excluding carboxylic acids is 4. The number of amides is 3. The van der Waals surface area contributed by atoms with Crippen LogP contribution in [0.15, 0.2) is 48.5 Å². The van der Waals surface area contributed by atoms with Gasteiger partial charge in [-0.25, -0.2) is 4.79 Å². The minimum Gasteiger partial charge on any atom is -0.462 e. The normalized spacial score (nSPS) is 9.85. The number of para-hydroxylation sites is 1. The maximum Gasteiger partial charge on any atom is 0.340 e. The molecule has 0 heterocycles. The van der Waals surface area contributed by atoms with Crippen LogP contribution in [0.25, 0.3) is 0 Å². The fourth-order valence-corrected chi connectivity index (χ4v) is 2.19. The summed E-state index contributed by atoms with van der Waals surface area (Å²) >= 11 is 0. The maximum absolute atomic E-state index is 12.1. The van der Waals surface area contributed by atoms with Gasteiger partial charge in [-0.1, -0.05) is 12.1 Å². The van der Waals surface area contributed by atoms with Crippen LogP contribution in [-0.2, 0) is 19.1 Å². The van der Waals surface area contributed by atoms with Crippen LogP contribution in [-0.4, -0.2) is 30.3 Å². The van der Waals surface area contributed by atoms with Crippen LogP contribution in [0.5, 0.6) is 0 Å². The molecule has 0 fully saturated rings. The van der Waals surface area contributed by atoms with E-state index in [2.05, 4.69) is 16.0 Å². The van der Waals surface area contributed by atoms with Gasteiger partial charge in [-0.2, -0.15) is 0 Å². The molecule has 8 nitrogen and oxygen atoms in total. The second-order valence-corrected chi connectivity index (χ2v) is 5.43. The molecule has 0 spiro atoms. The molecule has 8 heteroatoms. The number of nitrogens with one attached hydrogen (secondary N) is 3. The van der Waals surface area contributed by atoms with E-state index in [1.165, 1.54) is 19.1 Å². The summed E-state index contributed by atoms with van der Waals surface area (Å²) < 4.78 is 4.92. The maximum atomic E-state index is 12.1. The number of esters is 1. The Bertz CT molecular complexity index is 862. The Kier molecular flexibility index (Phi) is 6.65. The molecule has 140 valence electrons. The first-order valence-electron chi connectivity index (χ1n) is 8.17. The first kappa shape index (κ1) is 19.6. The van der Waals surface area contributed by atoms with Crippen molar-refractivity contribution in [2.75, 3.05) is 22.6 Å². The standard InChI is InChI=1S/C19H19N3O5/c1-3-27-19(26)15-6-4-5-7-16(15)22-18(25)17(24)21-14-10-8-13(9-11-14)20-12(2)23/h4-11H,3H2,1-2H3,(H,20,23)(H,21,24)(H,22,25). The zero-order valence-electron chi connectivity index (χ0n) is 14.9. The minimum absolute atomic E-state index is 0.153. The van der Waals surface area contributed by atoms with E-state index in [1.54, 1.807) is 43.3 Å². The number of carbonyl (C=O) groups is 4. The SMILES string of the molecule is CCOC(=O)c1ccccc1NC(=O)C(=O)Nc1ccc(NC(C)=O)cc1. The summed E-state index contributed by atoms with van der Waals surface area (Å²) in [4.78, 5) is 47.1. The number of hydrogen-bond acceptors (Lipinski definition) is 5. The van der Waals surface area contributed by atoms with Gasteiger partial charge in [0, 0.05) is 18.3 Å².